The smallest absolute Gasteiger partial charge is 0.339 e. The highest BCUT2D eigenvalue weighted by Crippen LogP contribution is 2.06. The van der Waals surface area contributed by atoms with Crippen LogP contribution in [0.15, 0.2) is 24.3 Å². The molecule has 0 fully saturated rings. The molecule has 0 bridgehead atoms. The monoisotopic (exact) mass is 224 g/mol. The van der Waals surface area contributed by atoms with Crippen LogP contribution in [0, 0.1) is 0 Å². The maximum Gasteiger partial charge on any atom is 0.339 e. The van der Waals surface area contributed by atoms with Crippen LogP contribution in [-0.2, 0) is 9.47 Å². The lowest BCUT2D eigenvalue weighted by Crippen LogP contribution is -2.14. The molecule has 0 atom stereocenters. The molecule has 0 aromatic heterocycles. The van der Waals surface area contributed by atoms with Gasteiger partial charge in [0, 0.05) is 0 Å². The summed E-state index contributed by atoms with van der Waals surface area (Å²) in [6.07, 6.45) is 0. The van der Waals surface area contributed by atoms with E-state index in [1.165, 1.54) is 24.3 Å². The first kappa shape index (κ1) is 12.2. The van der Waals surface area contributed by atoms with Crippen LogP contribution < -0.4 is 11.5 Å². The minimum Gasteiger partial charge on any atom is -0.446 e. The summed E-state index contributed by atoms with van der Waals surface area (Å²) in [5.74, 6) is -1.08. The summed E-state index contributed by atoms with van der Waals surface area (Å²) in [7, 11) is 0. The van der Waals surface area contributed by atoms with Gasteiger partial charge in [0.1, 0.15) is 13.5 Å². The Morgan fingerprint density at radius 2 is 1.19 bits per heavy atom. The van der Waals surface area contributed by atoms with Gasteiger partial charge in [0.15, 0.2) is 0 Å². The molecular weight excluding hydrogens is 212 g/mol. The van der Waals surface area contributed by atoms with E-state index < -0.39 is 11.9 Å². The van der Waals surface area contributed by atoms with Crippen molar-refractivity contribution in [3.05, 3.63) is 35.4 Å². The van der Waals surface area contributed by atoms with Crippen molar-refractivity contribution in [1.82, 2.24) is 0 Å². The maximum absolute atomic E-state index is 11.2. The molecule has 0 heterocycles. The zero-order chi connectivity index (χ0) is 12.0. The van der Waals surface area contributed by atoms with Crippen molar-refractivity contribution in [1.29, 1.82) is 0 Å². The van der Waals surface area contributed by atoms with Gasteiger partial charge in [-0.15, -0.1) is 0 Å². The van der Waals surface area contributed by atoms with Crippen molar-refractivity contribution < 1.29 is 19.1 Å². The number of carbonyl (C=O) groups is 2. The molecular formula is C10H12N2O4. The van der Waals surface area contributed by atoms with Gasteiger partial charge in [0.2, 0.25) is 0 Å². The Morgan fingerprint density at radius 3 is 1.44 bits per heavy atom. The highest BCUT2D eigenvalue weighted by molar-refractivity contribution is 5.93. The first-order chi connectivity index (χ1) is 7.69. The third kappa shape index (κ3) is 3.04. The lowest BCUT2D eigenvalue weighted by molar-refractivity contribution is 0.0500. The van der Waals surface area contributed by atoms with Crippen molar-refractivity contribution in [3.63, 3.8) is 0 Å². The van der Waals surface area contributed by atoms with E-state index in [1.807, 2.05) is 0 Å². The van der Waals surface area contributed by atoms with Gasteiger partial charge in [-0.05, 0) is 24.3 Å². The normalized spacial score (nSPS) is 9.62. The topological polar surface area (TPSA) is 105 Å². The molecule has 6 nitrogen and oxygen atoms in total. The molecule has 1 aromatic rings. The first-order valence-corrected chi connectivity index (χ1v) is 4.53. The third-order valence-electron chi connectivity index (χ3n) is 1.79. The Hall–Kier alpha value is -1.92. The van der Waals surface area contributed by atoms with Crippen LogP contribution in [-0.4, -0.2) is 25.4 Å². The van der Waals surface area contributed by atoms with E-state index in [0.717, 1.165) is 0 Å². The molecule has 4 N–H and O–H groups in total. The van der Waals surface area contributed by atoms with E-state index in [2.05, 4.69) is 9.47 Å². The van der Waals surface area contributed by atoms with Gasteiger partial charge in [-0.1, -0.05) is 0 Å². The van der Waals surface area contributed by atoms with E-state index in [9.17, 15) is 9.59 Å². The van der Waals surface area contributed by atoms with Crippen LogP contribution in [0.25, 0.3) is 0 Å². The second-order valence-corrected chi connectivity index (χ2v) is 2.77. The fourth-order valence-electron chi connectivity index (χ4n) is 1.06. The molecule has 0 aliphatic carbocycles. The lowest BCUT2D eigenvalue weighted by Gasteiger charge is -2.03. The maximum atomic E-state index is 11.2. The van der Waals surface area contributed by atoms with Gasteiger partial charge in [0.25, 0.3) is 0 Å². The molecule has 86 valence electrons. The van der Waals surface area contributed by atoms with Crippen LogP contribution in [0.2, 0.25) is 0 Å². The lowest BCUT2D eigenvalue weighted by atomic mass is 10.1. The average Bonchev–Trinajstić information content (AvgIpc) is 2.30. The number of esters is 2. The predicted octanol–water partition coefficient (Wildman–Crippen LogP) is -0.167. The largest absolute Gasteiger partial charge is 0.446 e. The van der Waals surface area contributed by atoms with Gasteiger partial charge < -0.3 is 9.47 Å². The second kappa shape index (κ2) is 5.84. The van der Waals surface area contributed by atoms with Crippen LogP contribution >= 0.6 is 0 Å². The van der Waals surface area contributed by atoms with E-state index in [-0.39, 0.29) is 13.5 Å². The molecule has 0 aliphatic heterocycles. The fourth-order valence-corrected chi connectivity index (χ4v) is 1.06. The molecule has 0 radical (unpaired) electrons. The summed E-state index contributed by atoms with van der Waals surface area (Å²) in [5.41, 5.74) is 10.7. The number of rotatable bonds is 4. The van der Waals surface area contributed by atoms with Crippen molar-refractivity contribution in [2.75, 3.05) is 13.5 Å². The number of hydrogen-bond acceptors (Lipinski definition) is 6. The highest BCUT2D eigenvalue weighted by Gasteiger charge is 2.09. The Balaban J connectivity index is 2.75. The molecule has 0 unspecified atom stereocenters. The van der Waals surface area contributed by atoms with Crippen LogP contribution in [0.3, 0.4) is 0 Å². The van der Waals surface area contributed by atoms with E-state index in [4.69, 9.17) is 11.5 Å². The predicted molar refractivity (Wildman–Crippen MR) is 55.4 cm³/mol. The number of nitrogens with two attached hydrogens (primary N) is 2. The molecule has 0 amide bonds. The quantitative estimate of drug-likeness (QED) is 0.543. The minimum absolute atomic E-state index is 0.185. The van der Waals surface area contributed by atoms with E-state index >= 15 is 0 Å². The zero-order valence-corrected chi connectivity index (χ0v) is 8.51. The van der Waals surface area contributed by atoms with Crippen LogP contribution in [0.5, 0.6) is 0 Å². The molecule has 1 rings (SSSR count). The minimum atomic E-state index is -0.541. The number of ether oxygens (including phenoxy) is 2. The van der Waals surface area contributed by atoms with Gasteiger partial charge in [0.05, 0.1) is 11.1 Å². The van der Waals surface area contributed by atoms with Gasteiger partial charge in [-0.2, -0.15) is 0 Å². The Labute approximate surface area is 92.1 Å². The molecule has 16 heavy (non-hydrogen) atoms. The van der Waals surface area contributed by atoms with Gasteiger partial charge >= 0.3 is 11.9 Å². The SMILES string of the molecule is NCOC(=O)c1ccc(C(=O)OCN)cc1. The average molecular weight is 224 g/mol. The third-order valence-corrected chi connectivity index (χ3v) is 1.79. The van der Waals surface area contributed by atoms with Gasteiger partial charge in [-0.3, -0.25) is 11.5 Å². The molecule has 1 aromatic carbocycles. The van der Waals surface area contributed by atoms with E-state index in [0.29, 0.717) is 11.1 Å². The van der Waals surface area contributed by atoms with Crippen molar-refractivity contribution in [3.8, 4) is 0 Å². The van der Waals surface area contributed by atoms with Gasteiger partial charge in [-0.25, -0.2) is 9.59 Å². The summed E-state index contributed by atoms with van der Waals surface area (Å²) in [6, 6.07) is 5.80. The highest BCUT2D eigenvalue weighted by atomic mass is 16.5. The molecule has 0 saturated heterocycles. The first-order valence-electron chi connectivity index (χ1n) is 4.53. The fraction of sp³-hybridized carbons (Fsp3) is 0.200. The Morgan fingerprint density at radius 1 is 0.875 bits per heavy atom. The Bertz CT molecular complexity index is 338. The molecule has 0 aliphatic rings. The van der Waals surface area contributed by atoms with Crippen molar-refractivity contribution >= 4 is 11.9 Å². The zero-order valence-electron chi connectivity index (χ0n) is 8.51. The Kier molecular flexibility index (Phi) is 4.43. The summed E-state index contributed by atoms with van der Waals surface area (Å²) in [5, 5.41) is 0. The second-order valence-electron chi connectivity index (χ2n) is 2.77. The van der Waals surface area contributed by atoms with Crippen LogP contribution in [0.4, 0.5) is 0 Å². The van der Waals surface area contributed by atoms with Crippen LogP contribution in [0.1, 0.15) is 20.7 Å². The summed E-state index contributed by atoms with van der Waals surface area (Å²) >= 11 is 0. The summed E-state index contributed by atoms with van der Waals surface area (Å²) in [6.45, 7) is -0.369. The number of benzene rings is 1. The van der Waals surface area contributed by atoms with E-state index in [1.54, 1.807) is 0 Å². The summed E-state index contributed by atoms with van der Waals surface area (Å²) < 4.78 is 9.16. The molecule has 6 heteroatoms. The number of hydrogen-bond donors (Lipinski definition) is 2. The standard InChI is InChI=1S/C10H12N2O4/c11-5-15-9(13)7-1-2-8(4-3-7)10(14)16-6-12/h1-4H,5-6,11-12H2. The number of carbonyl (C=O) groups excluding carboxylic acids is 2. The molecule has 0 saturated carbocycles. The van der Waals surface area contributed by atoms with Crippen molar-refractivity contribution in [2.45, 2.75) is 0 Å². The molecule has 0 spiro atoms. The summed E-state index contributed by atoms with van der Waals surface area (Å²) in [4.78, 5) is 22.4. The van der Waals surface area contributed by atoms with Crippen molar-refractivity contribution in [2.24, 2.45) is 11.5 Å².